The van der Waals surface area contributed by atoms with Gasteiger partial charge in [-0.2, -0.15) is 0 Å². The summed E-state index contributed by atoms with van der Waals surface area (Å²) in [5.41, 5.74) is 0. The van der Waals surface area contributed by atoms with E-state index in [-0.39, 0.29) is 18.2 Å². The summed E-state index contributed by atoms with van der Waals surface area (Å²) >= 11 is 0. The number of carbonyl (C=O) groups is 2. The molecule has 1 amide bonds. The minimum Gasteiger partial charge on any atom is -0.481 e. The van der Waals surface area contributed by atoms with Gasteiger partial charge in [0.1, 0.15) is 0 Å². The van der Waals surface area contributed by atoms with E-state index >= 15 is 0 Å². The minimum atomic E-state index is -0.716. The van der Waals surface area contributed by atoms with Gasteiger partial charge in [-0.15, -0.1) is 0 Å². The topological polar surface area (TPSA) is 69.6 Å². The highest BCUT2D eigenvalue weighted by molar-refractivity contribution is 5.75. The van der Waals surface area contributed by atoms with Crippen molar-refractivity contribution in [2.45, 2.75) is 39.5 Å². The fraction of sp³-hybridized carbons (Fsp3) is 0.857. The molecule has 1 fully saturated rings. The third-order valence-electron chi connectivity index (χ3n) is 3.87. The summed E-state index contributed by atoms with van der Waals surface area (Å²) < 4.78 is 0. The molecule has 0 spiro atoms. The van der Waals surface area contributed by atoms with Gasteiger partial charge in [0.2, 0.25) is 5.91 Å². The largest absolute Gasteiger partial charge is 0.481 e. The minimum absolute atomic E-state index is 0.100. The molecule has 2 unspecified atom stereocenters. The molecular formula is C14H26N2O3. The first-order chi connectivity index (χ1) is 9.02. The standard InChI is InChI=1S/C14H26N2O3/c1-3-15-13(17)6-8-16-7-4-5-12(10-16)11(2)9-14(18)19/h11-12H,3-10H2,1-2H3,(H,15,17)(H,18,19). The molecule has 0 bridgehead atoms. The average molecular weight is 270 g/mol. The summed E-state index contributed by atoms with van der Waals surface area (Å²) in [4.78, 5) is 24.5. The molecule has 110 valence electrons. The van der Waals surface area contributed by atoms with Crippen LogP contribution in [0.15, 0.2) is 0 Å². The number of nitrogens with zero attached hydrogens (tertiary/aromatic N) is 1. The zero-order valence-electron chi connectivity index (χ0n) is 12.0. The van der Waals surface area contributed by atoms with Gasteiger partial charge in [-0.1, -0.05) is 6.92 Å². The fourth-order valence-electron chi connectivity index (χ4n) is 2.75. The maximum atomic E-state index is 11.4. The Morgan fingerprint density at radius 3 is 2.84 bits per heavy atom. The summed E-state index contributed by atoms with van der Waals surface area (Å²) in [5.74, 6) is 0.0407. The molecule has 1 aliphatic heterocycles. The van der Waals surface area contributed by atoms with E-state index in [0.29, 0.717) is 18.9 Å². The van der Waals surface area contributed by atoms with Crippen LogP contribution in [0.2, 0.25) is 0 Å². The predicted octanol–water partition coefficient (Wildman–Crippen LogP) is 1.34. The van der Waals surface area contributed by atoms with E-state index in [1.165, 1.54) is 0 Å². The van der Waals surface area contributed by atoms with Crippen molar-refractivity contribution in [3.63, 3.8) is 0 Å². The van der Waals surface area contributed by atoms with Gasteiger partial charge in [0.25, 0.3) is 0 Å². The van der Waals surface area contributed by atoms with Crippen LogP contribution < -0.4 is 5.32 Å². The molecule has 2 N–H and O–H groups in total. The zero-order valence-corrected chi connectivity index (χ0v) is 12.0. The molecule has 0 aromatic heterocycles. The Bertz CT molecular complexity index is 307. The first-order valence-electron chi connectivity index (χ1n) is 7.23. The third kappa shape index (κ3) is 6.05. The highest BCUT2D eigenvalue weighted by Crippen LogP contribution is 2.26. The lowest BCUT2D eigenvalue weighted by molar-refractivity contribution is -0.138. The molecule has 0 aliphatic carbocycles. The van der Waals surface area contributed by atoms with Crippen LogP contribution in [0.1, 0.15) is 39.5 Å². The molecule has 5 nitrogen and oxygen atoms in total. The second-order valence-electron chi connectivity index (χ2n) is 5.48. The Hall–Kier alpha value is -1.10. The van der Waals surface area contributed by atoms with E-state index in [2.05, 4.69) is 10.2 Å². The lowest BCUT2D eigenvalue weighted by Crippen LogP contribution is -2.40. The zero-order chi connectivity index (χ0) is 14.3. The van der Waals surface area contributed by atoms with E-state index in [1.54, 1.807) is 0 Å². The van der Waals surface area contributed by atoms with Crippen LogP contribution in [0, 0.1) is 11.8 Å². The molecule has 5 heteroatoms. The van der Waals surface area contributed by atoms with E-state index < -0.39 is 5.97 Å². The van der Waals surface area contributed by atoms with Gasteiger partial charge >= 0.3 is 5.97 Å². The van der Waals surface area contributed by atoms with Crippen LogP contribution >= 0.6 is 0 Å². The van der Waals surface area contributed by atoms with Crippen LogP contribution in [-0.4, -0.2) is 48.1 Å². The number of carboxylic acid groups (broad SMARTS) is 1. The van der Waals surface area contributed by atoms with E-state index in [4.69, 9.17) is 5.11 Å². The summed E-state index contributed by atoms with van der Waals surface area (Å²) in [6.07, 6.45) is 2.98. The molecule has 0 saturated carbocycles. The number of carbonyl (C=O) groups excluding carboxylic acids is 1. The number of hydrogen-bond acceptors (Lipinski definition) is 3. The average Bonchev–Trinajstić information content (AvgIpc) is 2.36. The third-order valence-corrected chi connectivity index (χ3v) is 3.87. The molecule has 1 aliphatic rings. The van der Waals surface area contributed by atoms with Gasteiger partial charge in [-0.3, -0.25) is 9.59 Å². The van der Waals surface area contributed by atoms with Gasteiger partial charge in [0.15, 0.2) is 0 Å². The van der Waals surface area contributed by atoms with E-state index in [9.17, 15) is 9.59 Å². The van der Waals surface area contributed by atoms with Crippen molar-refractivity contribution in [2.75, 3.05) is 26.2 Å². The maximum Gasteiger partial charge on any atom is 0.303 e. The first kappa shape index (κ1) is 16.0. The molecular weight excluding hydrogens is 244 g/mol. The Morgan fingerprint density at radius 1 is 1.47 bits per heavy atom. The number of aliphatic carboxylic acids is 1. The lowest BCUT2D eigenvalue weighted by Gasteiger charge is -2.35. The number of nitrogens with one attached hydrogen (secondary N) is 1. The van der Waals surface area contributed by atoms with Gasteiger partial charge in [-0.25, -0.2) is 0 Å². The van der Waals surface area contributed by atoms with E-state index in [1.807, 2.05) is 13.8 Å². The maximum absolute atomic E-state index is 11.4. The highest BCUT2D eigenvalue weighted by Gasteiger charge is 2.25. The molecule has 2 atom stereocenters. The molecule has 0 aromatic rings. The van der Waals surface area contributed by atoms with Gasteiger partial charge in [0.05, 0.1) is 0 Å². The smallest absolute Gasteiger partial charge is 0.303 e. The van der Waals surface area contributed by atoms with Crippen LogP contribution in [-0.2, 0) is 9.59 Å². The predicted molar refractivity (Wildman–Crippen MR) is 73.9 cm³/mol. The van der Waals surface area contributed by atoms with Crippen LogP contribution in [0.3, 0.4) is 0 Å². The second-order valence-corrected chi connectivity index (χ2v) is 5.48. The number of piperidine rings is 1. The highest BCUT2D eigenvalue weighted by atomic mass is 16.4. The lowest BCUT2D eigenvalue weighted by atomic mass is 9.84. The fourth-order valence-corrected chi connectivity index (χ4v) is 2.75. The molecule has 0 radical (unpaired) electrons. The van der Waals surface area contributed by atoms with E-state index in [0.717, 1.165) is 32.5 Å². The normalized spacial score (nSPS) is 21.9. The Morgan fingerprint density at radius 2 is 2.21 bits per heavy atom. The van der Waals surface area contributed by atoms with Crippen molar-refractivity contribution in [3.05, 3.63) is 0 Å². The second kappa shape index (κ2) is 8.15. The van der Waals surface area contributed by atoms with Crippen molar-refractivity contribution in [3.8, 4) is 0 Å². The molecule has 19 heavy (non-hydrogen) atoms. The molecule has 1 rings (SSSR count). The number of rotatable bonds is 7. The number of amides is 1. The van der Waals surface area contributed by atoms with Crippen molar-refractivity contribution >= 4 is 11.9 Å². The summed E-state index contributed by atoms with van der Waals surface area (Å²) in [5, 5.41) is 11.7. The van der Waals surface area contributed by atoms with Gasteiger partial charge in [-0.05, 0) is 38.1 Å². The molecule has 1 saturated heterocycles. The number of carboxylic acids is 1. The summed E-state index contributed by atoms with van der Waals surface area (Å²) in [6, 6.07) is 0. The molecule has 0 aromatic carbocycles. The van der Waals surface area contributed by atoms with Gasteiger partial charge < -0.3 is 15.3 Å². The first-order valence-corrected chi connectivity index (χ1v) is 7.23. The van der Waals surface area contributed by atoms with Crippen molar-refractivity contribution in [1.29, 1.82) is 0 Å². The quantitative estimate of drug-likeness (QED) is 0.732. The van der Waals surface area contributed by atoms with Crippen LogP contribution in [0.4, 0.5) is 0 Å². The Labute approximate surface area is 115 Å². The van der Waals surface area contributed by atoms with Crippen molar-refractivity contribution in [2.24, 2.45) is 11.8 Å². The van der Waals surface area contributed by atoms with Crippen molar-refractivity contribution < 1.29 is 14.7 Å². The summed E-state index contributed by atoms with van der Waals surface area (Å²) in [6.45, 7) is 7.34. The SMILES string of the molecule is CCNC(=O)CCN1CCCC(C(C)CC(=O)O)C1. The molecule has 1 heterocycles. The van der Waals surface area contributed by atoms with Crippen molar-refractivity contribution in [1.82, 2.24) is 10.2 Å². The Balaban J connectivity index is 2.33. The van der Waals surface area contributed by atoms with Crippen LogP contribution in [0.25, 0.3) is 0 Å². The number of likely N-dealkylation sites (tertiary alicyclic amines) is 1. The van der Waals surface area contributed by atoms with Gasteiger partial charge in [0, 0.05) is 32.5 Å². The number of hydrogen-bond donors (Lipinski definition) is 2. The Kier molecular flexibility index (Phi) is 6.84. The monoisotopic (exact) mass is 270 g/mol. The summed E-state index contributed by atoms with van der Waals surface area (Å²) in [7, 11) is 0. The van der Waals surface area contributed by atoms with Crippen LogP contribution in [0.5, 0.6) is 0 Å².